The fraction of sp³-hybridized carbons (Fsp3) is 0.500. The molecule has 2 atom stereocenters. The summed E-state index contributed by atoms with van der Waals surface area (Å²) in [5.41, 5.74) is 0.827. The summed E-state index contributed by atoms with van der Waals surface area (Å²) in [5, 5.41) is 3.11. The average Bonchev–Trinajstić information content (AvgIpc) is 2.54. The van der Waals surface area contributed by atoms with Gasteiger partial charge in [-0.25, -0.2) is 0 Å². The Kier molecular flexibility index (Phi) is 5.87. The lowest BCUT2D eigenvalue weighted by Crippen LogP contribution is -2.40. The molecule has 0 unspecified atom stereocenters. The van der Waals surface area contributed by atoms with Gasteiger partial charge in [-0.15, -0.1) is 0 Å². The largest absolute Gasteiger partial charge is 0.497 e. The van der Waals surface area contributed by atoms with Crippen molar-refractivity contribution in [1.29, 1.82) is 0 Å². The van der Waals surface area contributed by atoms with Crippen LogP contribution in [0.15, 0.2) is 24.3 Å². The van der Waals surface area contributed by atoms with Crippen LogP contribution in [0.4, 0.5) is 0 Å². The molecule has 0 saturated heterocycles. The van der Waals surface area contributed by atoms with Gasteiger partial charge in [0.2, 0.25) is 5.91 Å². The number of benzene rings is 1. The van der Waals surface area contributed by atoms with E-state index in [-0.39, 0.29) is 11.9 Å². The van der Waals surface area contributed by atoms with Gasteiger partial charge in [-0.3, -0.25) is 4.79 Å². The highest BCUT2D eigenvalue weighted by Crippen LogP contribution is 2.26. The highest BCUT2D eigenvalue weighted by Gasteiger charge is 2.21. The highest BCUT2D eigenvalue weighted by molar-refractivity contribution is 5.92. The number of rotatable bonds is 5. The Bertz CT molecular complexity index is 539. The van der Waals surface area contributed by atoms with E-state index in [1.54, 1.807) is 26.4 Å². The number of carbonyl (C=O) groups is 1. The summed E-state index contributed by atoms with van der Waals surface area (Å²) >= 11 is 0. The molecule has 120 valence electrons. The van der Waals surface area contributed by atoms with E-state index in [1.807, 2.05) is 18.2 Å². The predicted octanol–water partition coefficient (Wildman–Crippen LogP) is 3.41. The van der Waals surface area contributed by atoms with Gasteiger partial charge < -0.3 is 14.8 Å². The van der Waals surface area contributed by atoms with Crippen molar-refractivity contribution in [2.75, 3.05) is 14.2 Å². The van der Waals surface area contributed by atoms with E-state index in [0.717, 1.165) is 23.5 Å². The van der Waals surface area contributed by atoms with Crippen molar-refractivity contribution in [3.05, 3.63) is 29.8 Å². The molecule has 0 aliphatic heterocycles. The van der Waals surface area contributed by atoms with Gasteiger partial charge in [0.15, 0.2) is 0 Å². The first-order valence-corrected chi connectivity index (χ1v) is 7.84. The number of methoxy groups -OCH3 is 2. The second kappa shape index (κ2) is 7.87. The van der Waals surface area contributed by atoms with Gasteiger partial charge in [0.25, 0.3) is 0 Å². The summed E-state index contributed by atoms with van der Waals surface area (Å²) in [6.45, 7) is 2.21. The zero-order valence-electron chi connectivity index (χ0n) is 13.6. The minimum Gasteiger partial charge on any atom is -0.497 e. The lowest BCUT2D eigenvalue weighted by molar-refractivity contribution is -0.117. The molecule has 0 radical (unpaired) electrons. The Morgan fingerprint density at radius 2 is 2.00 bits per heavy atom. The van der Waals surface area contributed by atoms with E-state index in [9.17, 15) is 4.79 Å². The molecule has 4 heteroatoms. The summed E-state index contributed by atoms with van der Waals surface area (Å²) in [7, 11) is 3.23. The average molecular weight is 303 g/mol. The summed E-state index contributed by atoms with van der Waals surface area (Å²) in [5.74, 6) is 1.96. The molecule has 0 aromatic heterocycles. The maximum Gasteiger partial charge on any atom is 0.244 e. The predicted molar refractivity (Wildman–Crippen MR) is 88.1 cm³/mol. The molecule has 0 spiro atoms. The Labute approximate surface area is 132 Å². The molecular weight excluding hydrogens is 278 g/mol. The quantitative estimate of drug-likeness (QED) is 0.848. The van der Waals surface area contributed by atoms with Gasteiger partial charge in [-0.1, -0.05) is 19.8 Å². The van der Waals surface area contributed by atoms with Crippen molar-refractivity contribution in [2.24, 2.45) is 5.92 Å². The van der Waals surface area contributed by atoms with Crippen LogP contribution in [-0.4, -0.2) is 26.2 Å². The summed E-state index contributed by atoms with van der Waals surface area (Å²) in [6.07, 6.45) is 8.07. The van der Waals surface area contributed by atoms with E-state index in [2.05, 4.69) is 12.2 Å². The molecular formula is C18H25NO3. The smallest absolute Gasteiger partial charge is 0.244 e. The summed E-state index contributed by atoms with van der Waals surface area (Å²) < 4.78 is 10.5. The van der Waals surface area contributed by atoms with Crippen LogP contribution >= 0.6 is 0 Å². The zero-order chi connectivity index (χ0) is 15.9. The zero-order valence-corrected chi connectivity index (χ0v) is 13.6. The molecule has 1 aliphatic carbocycles. The third-order valence-electron chi connectivity index (χ3n) is 4.29. The molecule has 1 saturated carbocycles. The summed E-state index contributed by atoms with van der Waals surface area (Å²) in [4.78, 5) is 12.1. The standard InChI is InChI=1S/C18H25NO3/c1-13-6-4-5-7-16(13)19-18(20)11-8-14-12-15(21-2)9-10-17(14)22-3/h8-13,16H,4-7H2,1-3H3,(H,19,20)/b11-8+/t13-,16-/m0/s1. The normalized spacial score (nSPS) is 21.6. The van der Waals surface area contributed by atoms with Crippen molar-refractivity contribution in [1.82, 2.24) is 5.32 Å². The molecule has 0 heterocycles. The molecule has 0 bridgehead atoms. The van der Waals surface area contributed by atoms with E-state index in [1.165, 1.54) is 19.3 Å². The number of carbonyl (C=O) groups excluding carboxylic acids is 1. The van der Waals surface area contributed by atoms with E-state index in [0.29, 0.717) is 5.92 Å². The Hall–Kier alpha value is -1.97. The molecule has 1 N–H and O–H groups in total. The monoisotopic (exact) mass is 303 g/mol. The number of hydrogen-bond donors (Lipinski definition) is 1. The van der Waals surface area contributed by atoms with Crippen LogP contribution in [0.3, 0.4) is 0 Å². The number of hydrogen-bond acceptors (Lipinski definition) is 3. The van der Waals surface area contributed by atoms with Crippen molar-refractivity contribution in [3.8, 4) is 11.5 Å². The fourth-order valence-electron chi connectivity index (χ4n) is 2.90. The third kappa shape index (κ3) is 4.26. The maximum absolute atomic E-state index is 12.1. The van der Waals surface area contributed by atoms with Crippen molar-refractivity contribution in [3.63, 3.8) is 0 Å². The summed E-state index contributed by atoms with van der Waals surface area (Å²) in [6, 6.07) is 5.81. The first-order chi connectivity index (χ1) is 10.6. The van der Waals surface area contributed by atoms with Crippen LogP contribution in [0.5, 0.6) is 11.5 Å². The van der Waals surface area contributed by atoms with E-state index >= 15 is 0 Å². The van der Waals surface area contributed by atoms with Crippen LogP contribution < -0.4 is 14.8 Å². The maximum atomic E-state index is 12.1. The fourth-order valence-corrected chi connectivity index (χ4v) is 2.90. The molecule has 1 aliphatic rings. The molecule has 1 aromatic carbocycles. The van der Waals surface area contributed by atoms with Crippen LogP contribution in [0.2, 0.25) is 0 Å². The second-order valence-corrected chi connectivity index (χ2v) is 5.82. The lowest BCUT2D eigenvalue weighted by atomic mass is 9.86. The minimum atomic E-state index is -0.0522. The van der Waals surface area contributed by atoms with Crippen LogP contribution in [0.1, 0.15) is 38.2 Å². The van der Waals surface area contributed by atoms with Gasteiger partial charge in [0.1, 0.15) is 11.5 Å². The molecule has 22 heavy (non-hydrogen) atoms. The van der Waals surface area contributed by atoms with Crippen LogP contribution in [0, 0.1) is 5.92 Å². The Morgan fingerprint density at radius 1 is 1.23 bits per heavy atom. The second-order valence-electron chi connectivity index (χ2n) is 5.82. The Balaban J connectivity index is 2.02. The van der Waals surface area contributed by atoms with Gasteiger partial charge in [-0.05, 0) is 43.0 Å². The van der Waals surface area contributed by atoms with Crippen molar-refractivity contribution in [2.45, 2.75) is 38.6 Å². The van der Waals surface area contributed by atoms with Crippen molar-refractivity contribution < 1.29 is 14.3 Å². The SMILES string of the molecule is COc1ccc(OC)c(/C=C/C(=O)N[C@H]2CCCC[C@@H]2C)c1. The number of nitrogens with one attached hydrogen (secondary N) is 1. The molecule has 1 amide bonds. The first kappa shape index (κ1) is 16.4. The number of ether oxygens (including phenoxy) is 2. The highest BCUT2D eigenvalue weighted by atomic mass is 16.5. The van der Waals surface area contributed by atoms with Gasteiger partial charge in [-0.2, -0.15) is 0 Å². The number of amides is 1. The molecule has 4 nitrogen and oxygen atoms in total. The van der Waals surface area contributed by atoms with E-state index in [4.69, 9.17) is 9.47 Å². The minimum absolute atomic E-state index is 0.0522. The molecule has 2 rings (SSSR count). The molecule has 1 fully saturated rings. The van der Waals surface area contributed by atoms with Crippen LogP contribution in [0.25, 0.3) is 6.08 Å². The van der Waals surface area contributed by atoms with Gasteiger partial charge in [0, 0.05) is 17.7 Å². The lowest BCUT2D eigenvalue weighted by Gasteiger charge is -2.29. The third-order valence-corrected chi connectivity index (χ3v) is 4.29. The van der Waals surface area contributed by atoms with E-state index < -0.39 is 0 Å². The Morgan fingerprint density at radius 3 is 2.68 bits per heavy atom. The topological polar surface area (TPSA) is 47.6 Å². The van der Waals surface area contributed by atoms with Gasteiger partial charge >= 0.3 is 0 Å². The van der Waals surface area contributed by atoms with Crippen molar-refractivity contribution >= 4 is 12.0 Å². The first-order valence-electron chi connectivity index (χ1n) is 7.84. The van der Waals surface area contributed by atoms with Gasteiger partial charge in [0.05, 0.1) is 14.2 Å². The van der Waals surface area contributed by atoms with Crippen LogP contribution in [-0.2, 0) is 4.79 Å². The molecule has 1 aromatic rings.